The van der Waals surface area contributed by atoms with Crippen molar-refractivity contribution in [3.05, 3.63) is 0 Å². The molecule has 0 aromatic heterocycles. The Morgan fingerprint density at radius 1 is 1.29 bits per heavy atom. The van der Waals surface area contributed by atoms with Crippen LogP contribution in [0.5, 0.6) is 0 Å². The Labute approximate surface area is 109 Å². The van der Waals surface area contributed by atoms with Gasteiger partial charge in [-0.2, -0.15) is 0 Å². The van der Waals surface area contributed by atoms with Crippen LogP contribution >= 0.6 is 12.2 Å². The van der Waals surface area contributed by atoms with Gasteiger partial charge in [0.1, 0.15) is 0 Å². The van der Waals surface area contributed by atoms with Crippen molar-refractivity contribution in [2.75, 3.05) is 13.1 Å². The van der Waals surface area contributed by atoms with Crippen LogP contribution in [0.25, 0.3) is 0 Å². The quantitative estimate of drug-likeness (QED) is 0.768. The number of carbonyl (C=O) groups is 1. The van der Waals surface area contributed by atoms with E-state index in [4.69, 9.17) is 18.0 Å². The van der Waals surface area contributed by atoms with Crippen LogP contribution in [0.1, 0.15) is 45.4 Å². The molecule has 0 aromatic carbocycles. The second-order valence-electron chi connectivity index (χ2n) is 5.63. The lowest BCUT2D eigenvalue weighted by molar-refractivity contribution is -0.141. The van der Waals surface area contributed by atoms with Crippen molar-refractivity contribution >= 4 is 23.1 Å². The van der Waals surface area contributed by atoms with Gasteiger partial charge in [0.05, 0.1) is 10.4 Å². The lowest BCUT2D eigenvalue weighted by Gasteiger charge is -2.42. The van der Waals surface area contributed by atoms with Crippen molar-refractivity contribution in [3.63, 3.8) is 0 Å². The van der Waals surface area contributed by atoms with E-state index in [1.165, 1.54) is 6.42 Å². The predicted molar refractivity (Wildman–Crippen MR) is 72.7 cm³/mol. The zero-order valence-corrected chi connectivity index (χ0v) is 11.4. The largest absolute Gasteiger partial charge is 0.392 e. The molecule has 1 saturated heterocycles. The van der Waals surface area contributed by atoms with Crippen molar-refractivity contribution in [1.29, 1.82) is 0 Å². The maximum atomic E-state index is 12.6. The molecule has 0 bridgehead atoms. The third-order valence-electron chi connectivity index (χ3n) is 4.39. The molecule has 1 unspecified atom stereocenters. The summed E-state index contributed by atoms with van der Waals surface area (Å²) in [4.78, 5) is 15.0. The highest BCUT2D eigenvalue weighted by molar-refractivity contribution is 7.80. The van der Waals surface area contributed by atoms with Gasteiger partial charge in [-0.25, -0.2) is 0 Å². The first-order valence-corrected chi connectivity index (χ1v) is 7.06. The summed E-state index contributed by atoms with van der Waals surface area (Å²) in [5.41, 5.74) is 5.31. The Balaban J connectivity index is 2.06. The molecule has 0 aromatic rings. The Morgan fingerprint density at radius 3 is 2.53 bits per heavy atom. The molecule has 1 heterocycles. The molecule has 1 aliphatic heterocycles. The van der Waals surface area contributed by atoms with Gasteiger partial charge in [-0.1, -0.05) is 25.6 Å². The van der Waals surface area contributed by atoms with E-state index < -0.39 is 5.41 Å². The highest BCUT2D eigenvalue weighted by atomic mass is 32.1. The molecule has 0 spiro atoms. The topological polar surface area (TPSA) is 46.3 Å². The molecule has 2 aliphatic rings. The van der Waals surface area contributed by atoms with E-state index in [9.17, 15) is 4.79 Å². The number of likely N-dealkylation sites (tertiary alicyclic amines) is 1. The minimum absolute atomic E-state index is 0.199. The van der Waals surface area contributed by atoms with Crippen molar-refractivity contribution in [3.8, 4) is 0 Å². The standard InChI is InChI=1S/C13H22N2OS/c1-10-4-2-8-15(9-5-10)12(16)13(11(14)17)6-3-7-13/h10H,2-9H2,1H3,(H2,14,17). The first-order chi connectivity index (χ1) is 8.06. The molecule has 17 heavy (non-hydrogen) atoms. The second kappa shape index (κ2) is 4.92. The van der Waals surface area contributed by atoms with Gasteiger partial charge in [-0.05, 0) is 38.0 Å². The van der Waals surface area contributed by atoms with E-state index in [-0.39, 0.29) is 5.91 Å². The van der Waals surface area contributed by atoms with Gasteiger partial charge in [0.2, 0.25) is 5.91 Å². The Bertz CT molecular complexity index is 325. The van der Waals surface area contributed by atoms with Gasteiger partial charge in [0.15, 0.2) is 0 Å². The van der Waals surface area contributed by atoms with Crippen LogP contribution in [0, 0.1) is 11.3 Å². The minimum Gasteiger partial charge on any atom is -0.392 e. The van der Waals surface area contributed by atoms with Crippen molar-refractivity contribution < 1.29 is 4.79 Å². The van der Waals surface area contributed by atoms with Crippen LogP contribution in [0.3, 0.4) is 0 Å². The molecular formula is C13H22N2OS. The van der Waals surface area contributed by atoms with E-state index in [0.29, 0.717) is 4.99 Å². The lowest BCUT2D eigenvalue weighted by atomic mass is 9.67. The number of rotatable bonds is 2. The highest BCUT2D eigenvalue weighted by Gasteiger charge is 2.48. The molecule has 96 valence electrons. The lowest BCUT2D eigenvalue weighted by Crippen LogP contribution is -2.54. The summed E-state index contributed by atoms with van der Waals surface area (Å²) in [6, 6.07) is 0. The van der Waals surface area contributed by atoms with E-state index >= 15 is 0 Å². The molecule has 4 heteroatoms. The zero-order valence-electron chi connectivity index (χ0n) is 10.6. The van der Waals surface area contributed by atoms with Crippen LogP contribution in [0.15, 0.2) is 0 Å². The number of carbonyl (C=O) groups excluding carboxylic acids is 1. The third-order valence-corrected chi connectivity index (χ3v) is 4.78. The van der Waals surface area contributed by atoms with Crippen LogP contribution in [0.2, 0.25) is 0 Å². The Morgan fingerprint density at radius 2 is 2.00 bits per heavy atom. The summed E-state index contributed by atoms with van der Waals surface area (Å²) in [5.74, 6) is 0.931. The highest BCUT2D eigenvalue weighted by Crippen LogP contribution is 2.43. The minimum atomic E-state index is -0.483. The fraction of sp³-hybridized carbons (Fsp3) is 0.846. The van der Waals surface area contributed by atoms with Gasteiger partial charge in [0.25, 0.3) is 0 Å². The van der Waals surface area contributed by atoms with Gasteiger partial charge in [0, 0.05) is 13.1 Å². The first kappa shape index (κ1) is 12.8. The second-order valence-corrected chi connectivity index (χ2v) is 6.07. The third kappa shape index (κ3) is 2.32. The van der Waals surface area contributed by atoms with Crippen molar-refractivity contribution in [1.82, 2.24) is 4.90 Å². The van der Waals surface area contributed by atoms with Gasteiger partial charge >= 0.3 is 0 Å². The molecule has 3 nitrogen and oxygen atoms in total. The summed E-state index contributed by atoms with van der Waals surface area (Å²) in [7, 11) is 0. The van der Waals surface area contributed by atoms with Crippen LogP contribution < -0.4 is 5.73 Å². The van der Waals surface area contributed by atoms with Gasteiger partial charge < -0.3 is 10.6 Å². The van der Waals surface area contributed by atoms with Crippen molar-refractivity contribution in [2.24, 2.45) is 17.1 Å². The van der Waals surface area contributed by atoms with Crippen molar-refractivity contribution in [2.45, 2.75) is 45.4 Å². The molecule has 1 saturated carbocycles. The molecule has 0 radical (unpaired) electrons. The molecule has 2 fully saturated rings. The number of nitrogens with zero attached hydrogens (tertiary/aromatic N) is 1. The summed E-state index contributed by atoms with van der Waals surface area (Å²) in [6.45, 7) is 4.03. The Kier molecular flexibility index (Phi) is 3.71. The van der Waals surface area contributed by atoms with E-state index in [1.807, 2.05) is 4.90 Å². The Hall–Kier alpha value is -0.640. The fourth-order valence-corrected chi connectivity index (χ4v) is 3.16. The number of thiocarbonyl (C=S) groups is 1. The summed E-state index contributed by atoms with van der Waals surface area (Å²) >= 11 is 5.11. The molecule has 1 amide bonds. The molecule has 1 aliphatic carbocycles. The first-order valence-electron chi connectivity index (χ1n) is 6.65. The van der Waals surface area contributed by atoms with Crippen LogP contribution in [-0.2, 0) is 4.79 Å². The molecule has 2 N–H and O–H groups in total. The predicted octanol–water partition coefficient (Wildman–Crippen LogP) is 2.09. The average molecular weight is 254 g/mol. The number of hydrogen-bond donors (Lipinski definition) is 1. The van der Waals surface area contributed by atoms with E-state index in [0.717, 1.165) is 51.1 Å². The number of hydrogen-bond acceptors (Lipinski definition) is 2. The summed E-state index contributed by atoms with van der Waals surface area (Å²) in [5, 5.41) is 0. The molecule has 1 atom stereocenters. The van der Waals surface area contributed by atoms with Crippen LogP contribution in [0.4, 0.5) is 0 Å². The van der Waals surface area contributed by atoms with Gasteiger partial charge in [-0.15, -0.1) is 0 Å². The average Bonchev–Trinajstić information content (AvgIpc) is 2.40. The van der Waals surface area contributed by atoms with Gasteiger partial charge in [-0.3, -0.25) is 4.79 Å². The SMILES string of the molecule is CC1CCCN(C(=O)C2(C(N)=S)CCC2)CC1. The summed E-state index contributed by atoms with van der Waals surface area (Å²) < 4.78 is 0. The number of amides is 1. The molecule has 2 rings (SSSR count). The monoisotopic (exact) mass is 254 g/mol. The normalized spacial score (nSPS) is 28.1. The molecular weight excluding hydrogens is 232 g/mol. The zero-order chi connectivity index (χ0) is 12.5. The maximum Gasteiger partial charge on any atom is 0.235 e. The van der Waals surface area contributed by atoms with Crippen LogP contribution in [-0.4, -0.2) is 28.9 Å². The smallest absolute Gasteiger partial charge is 0.235 e. The van der Waals surface area contributed by atoms with E-state index in [2.05, 4.69) is 6.92 Å². The maximum absolute atomic E-state index is 12.6. The number of nitrogens with two attached hydrogens (primary N) is 1. The van der Waals surface area contributed by atoms with E-state index in [1.54, 1.807) is 0 Å². The summed E-state index contributed by atoms with van der Waals surface area (Å²) in [6.07, 6.45) is 6.23. The fourth-order valence-electron chi connectivity index (χ4n) is 2.86.